The van der Waals surface area contributed by atoms with Crippen LogP contribution >= 0.6 is 12.2 Å². The molecule has 0 aliphatic heterocycles. The fourth-order valence-electron chi connectivity index (χ4n) is 2.00. The van der Waals surface area contributed by atoms with E-state index in [-0.39, 0.29) is 0 Å². The van der Waals surface area contributed by atoms with Crippen molar-refractivity contribution >= 4 is 39.7 Å². The van der Waals surface area contributed by atoms with Gasteiger partial charge in [0.15, 0.2) is 0 Å². The highest BCUT2D eigenvalue weighted by Crippen LogP contribution is 2.26. The van der Waals surface area contributed by atoms with Crippen LogP contribution < -0.4 is 5.73 Å². The summed E-state index contributed by atoms with van der Waals surface area (Å²) < 4.78 is 0.822. The van der Waals surface area contributed by atoms with Crippen molar-refractivity contribution in [2.45, 2.75) is 0 Å². The average Bonchev–Trinajstić information content (AvgIpc) is 2.29. The number of hydrogen-bond donors (Lipinski definition) is 2. The lowest BCUT2D eigenvalue weighted by Crippen LogP contribution is -1.90. The molecule has 16 heavy (non-hydrogen) atoms. The Balaban J connectivity index is 2.67. The number of para-hydroxylation sites is 1. The fraction of sp³-hybridized carbons (Fsp3) is 0. The number of aromatic nitrogens is 1. The number of pyridine rings is 1. The standard InChI is InChI=1S/C13H10N2S/c14-9-5-3-7-11-12(9)13(16)8-4-1-2-6-10(8)15-11/h1-7H,14H2,(H,15,16). The third-order valence-electron chi connectivity index (χ3n) is 2.76. The Morgan fingerprint density at radius 2 is 1.69 bits per heavy atom. The number of benzene rings is 2. The second-order valence-corrected chi connectivity index (χ2v) is 4.18. The molecule has 3 N–H and O–H groups in total. The van der Waals surface area contributed by atoms with E-state index in [2.05, 4.69) is 4.98 Å². The van der Waals surface area contributed by atoms with Gasteiger partial charge in [-0.15, -0.1) is 0 Å². The second kappa shape index (κ2) is 3.32. The van der Waals surface area contributed by atoms with E-state index in [0.29, 0.717) is 0 Å². The molecule has 0 aliphatic carbocycles. The summed E-state index contributed by atoms with van der Waals surface area (Å²) in [6.07, 6.45) is 0. The molecule has 0 spiro atoms. The lowest BCUT2D eigenvalue weighted by atomic mass is 10.1. The van der Waals surface area contributed by atoms with Gasteiger partial charge in [0.05, 0.1) is 4.51 Å². The van der Waals surface area contributed by atoms with E-state index in [4.69, 9.17) is 18.0 Å². The van der Waals surface area contributed by atoms with Crippen LogP contribution in [0.1, 0.15) is 0 Å². The maximum absolute atomic E-state index is 5.96. The summed E-state index contributed by atoms with van der Waals surface area (Å²) in [4.78, 5) is 3.34. The fourth-order valence-corrected chi connectivity index (χ4v) is 2.40. The number of hydrogen-bond acceptors (Lipinski definition) is 2. The second-order valence-electron chi connectivity index (χ2n) is 3.77. The number of nitrogen functional groups attached to an aromatic ring is 1. The number of fused-ring (bicyclic) bond motifs is 2. The summed E-state index contributed by atoms with van der Waals surface area (Å²) in [7, 11) is 0. The molecule has 1 aromatic heterocycles. The maximum Gasteiger partial charge on any atom is 0.0584 e. The SMILES string of the molecule is Nc1cccc2[nH]c3ccccc3c(=S)c12. The summed E-state index contributed by atoms with van der Waals surface area (Å²) in [5.41, 5.74) is 8.72. The first-order chi connectivity index (χ1) is 7.77. The highest BCUT2D eigenvalue weighted by atomic mass is 32.1. The molecule has 0 amide bonds. The van der Waals surface area contributed by atoms with Crippen LogP contribution in [0.25, 0.3) is 21.8 Å². The molecule has 0 fully saturated rings. The van der Waals surface area contributed by atoms with Crippen molar-refractivity contribution in [1.82, 2.24) is 4.98 Å². The summed E-state index contributed by atoms with van der Waals surface area (Å²) in [5.74, 6) is 0. The average molecular weight is 226 g/mol. The van der Waals surface area contributed by atoms with Gasteiger partial charge in [-0.05, 0) is 18.2 Å². The molecule has 0 aliphatic rings. The number of anilines is 1. The van der Waals surface area contributed by atoms with Crippen molar-refractivity contribution in [2.24, 2.45) is 0 Å². The van der Waals surface area contributed by atoms with Gasteiger partial charge >= 0.3 is 0 Å². The van der Waals surface area contributed by atoms with Gasteiger partial charge in [-0.2, -0.15) is 0 Å². The Morgan fingerprint density at radius 1 is 0.938 bits per heavy atom. The topological polar surface area (TPSA) is 41.8 Å². The van der Waals surface area contributed by atoms with E-state index >= 15 is 0 Å². The Labute approximate surface area is 97.7 Å². The van der Waals surface area contributed by atoms with Gasteiger partial charge in [0.1, 0.15) is 0 Å². The van der Waals surface area contributed by atoms with Crippen LogP contribution in [0.3, 0.4) is 0 Å². The van der Waals surface area contributed by atoms with Crippen LogP contribution in [-0.2, 0) is 0 Å². The van der Waals surface area contributed by atoms with Gasteiger partial charge in [-0.3, -0.25) is 0 Å². The molecular formula is C13H10N2S. The van der Waals surface area contributed by atoms with Gasteiger partial charge in [0, 0.05) is 27.5 Å². The van der Waals surface area contributed by atoms with Gasteiger partial charge in [-0.25, -0.2) is 0 Å². The molecule has 3 aromatic rings. The third kappa shape index (κ3) is 1.22. The molecule has 0 radical (unpaired) electrons. The smallest absolute Gasteiger partial charge is 0.0584 e. The summed E-state index contributed by atoms with van der Waals surface area (Å²) in [5, 5.41) is 1.99. The van der Waals surface area contributed by atoms with Crippen molar-refractivity contribution < 1.29 is 0 Å². The zero-order chi connectivity index (χ0) is 11.1. The molecule has 1 heterocycles. The summed E-state index contributed by atoms with van der Waals surface area (Å²) in [6, 6.07) is 13.8. The first kappa shape index (κ1) is 9.36. The van der Waals surface area contributed by atoms with Crippen molar-refractivity contribution in [1.29, 1.82) is 0 Å². The summed E-state index contributed by atoms with van der Waals surface area (Å²) >= 11 is 5.48. The summed E-state index contributed by atoms with van der Waals surface area (Å²) in [6.45, 7) is 0. The number of rotatable bonds is 0. The quantitative estimate of drug-likeness (QED) is 0.349. The van der Waals surface area contributed by atoms with Crippen LogP contribution in [0.2, 0.25) is 0 Å². The zero-order valence-electron chi connectivity index (χ0n) is 8.53. The van der Waals surface area contributed by atoms with Crippen LogP contribution in [-0.4, -0.2) is 4.98 Å². The van der Waals surface area contributed by atoms with Gasteiger partial charge < -0.3 is 10.7 Å². The Morgan fingerprint density at radius 3 is 2.56 bits per heavy atom. The van der Waals surface area contributed by atoms with E-state index in [0.717, 1.165) is 32.0 Å². The minimum absolute atomic E-state index is 0.726. The molecule has 0 saturated carbocycles. The highest BCUT2D eigenvalue weighted by molar-refractivity contribution is 7.72. The molecule has 78 valence electrons. The monoisotopic (exact) mass is 226 g/mol. The molecule has 3 heteroatoms. The normalized spacial score (nSPS) is 11.0. The van der Waals surface area contributed by atoms with Crippen LogP contribution in [0.4, 0.5) is 5.69 Å². The largest absolute Gasteiger partial charge is 0.398 e. The van der Waals surface area contributed by atoms with E-state index in [9.17, 15) is 0 Å². The Bertz CT molecular complexity index is 744. The molecule has 0 saturated heterocycles. The lowest BCUT2D eigenvalue weighted by molar-refractivity contribution is 1.49. The Hall–Kier alpha value is -1.87. The number of aromatic amines is 1. The molecule has 0 atom stereocenters. The van der Waals surface area contributed by atoms with Crippen LogP contribution in [0.15, 0.2) is 42.5 Å². The zero-order valence-corrected chi connectivity index (χ0v) is 9.34. The molecule has 2 nitrogen and oxygen atoms in total. The van der Waals surface area contributed by atoms with Crippen molar-refractivity contribution in [3.63, 3.8) is 0 Å². The molecule has 3 rings (SSSR count). The van der Waals surface area contributed by atoms with Gasteiger partial charge in [-0.1, -0.05) is 36.5 Å². The van der Waals surface area contributed by atoms with E-state index in [1.807, 2.05) is 42.5 Å². The predicted molar refractivity (Wildman–Crippen MR) is 71.1 cm³/mol. The van der Waals surface area contributed by atoms with E-state index < -0.39 is 0 Å². The minimum Gasteiger partial charge on any atom is -0.398 e. The number of H-pyrrole nitrogens is 1. The van der Waals surface area contributed by atoms with Gasteiger partial charge in [0.2, 0.25) is 0 Å². The van der Waals surface area contributed by atoms with E-state index in [1.54, 1.807) is 0 Å². The number of nitrogens with two attached hydrogens (primary N) is 1. The van der Waals surface area contributed by atoms with Crippen molar-refractivity contribution in [2.75, 3.05) is 5.73 Å². The Kier molecular flexibility index (Phi) is 1.94. The lowest BCUT2D eigenvalue weighted by Gasteiger charge is -2.05. The van der Waals surface area contributed by atoms with Gasteiger partial charge in [0.25, 0.3) is 0 Å². The first-order valence-corrected chi connectivity index (χ1v) is 5.47. The number of nitrogens with one attached hydrogen (secondary N) is 1. The highest BCUT2D eigenvalue weighted by Gasteiger charge is 2.03. The van der Waals surface area contributed by atoms with E-state index in [1.165, 1.54) is 0 Å². The molecule has 2 aromatic carbocycles. The maximum atomic E-state index is 5.96. The van der Waals surface area contributed by atoms with Crippen molar-refractivity contribution in [3.05, 3.63) is 47.0 Å². The van der Waals surface area contributed by atoms with Crippen molar-refractivity contribution in [3.8, 4) is 0 Å². The molecular weight excluding hydrogens is 216 g/mol. The molecule has 0 unspecified atom stereocenters. The molecule has 0 bridgehead atoms. The third-order valence-corrected chi connectivity index (χ3v) is 3.19. The van der Waals surface area contributed by atoms with Crippen LogP contribution in [0, 0.1) is 4.51 Å². The predicted octanol–water partition coefficient (Wildman–Crippen LogP) is 3.63. The minimum atomic E-state index is 0.726. The van der Waals surface area contributed by atoms with Crippen LogP contribution in [0.5, 0.6) is 0 Å². The first-order valence-electron chi connectivity index (χ1n) is 5.06.